The molecule has 0 saturated carbocycles. The van der Waals surface area contributed by atoms with Crippen molar-refractivity contribution in [2.75, 3.05) is 13.1 Å². The molecule has 0 unspecified atom stereocenters. The molecule has 2 rings (SSSR count). The fraction of sp³-hybridized carbons (Fsp3) is 0.286. The Kier molecular flexibility index (Phi) is 4.59. The second kappa shape index (κ2) is 6.21. The predicted octanol–water partition coefficient (Wildman–Crippen LogP) is 1.27. The summed E-state index contributed by atoms with van der Waals surface area (Å²) in [5.74, 6) is -0.0377. The van der Waals surface area contributed by atoms with Crippen molar-refractivity contribution < 1.29 is 8.42 Å². The summed E-state index contributed by atoms with van der Waals surface area (Å²) in [4.78, 5) is 3.16. The van der Waals surface area contributed by atoms with Crippen LogP contribution in [-0.4, -0.2) is 26.5 Å². The maximum Gasteiger partial charge on any atom is 0.216 e. The first-order chi connectivity index (χ1) is 9.55. The first-order valence-electron chi connectivity index (χ1n) is 6.43. The Labute approximate surface area is 118 Å². The first-order valence-corrected chi connectivity index (χ1v) is 8.08. The van der Waals surface area contributed by atoms with Crippen LogP contribution in [0, 0.1) is 0 Å². The zero-order chi connectivity index (χ0) is 14.6. The number of hydrogen-bond acceptors (Lipinski definition) is 3. The largest absolute Gasteiger partial charge is 0.361 e. The maximum absolute atomic E-state index is 11.9. The second-order valence-corrected chi connectivity index (χ2v) is 6.44. The molecular weight excluding hydrogens is 274 g/mol. The van der Waals surface area contributed by atoms with E-state index in [9.17, 15) is 8.42 Å². The van der Waals surface area contributed by atoms with Gasteiger partial charge < -0.3 is 10.7 Å². The van der Waals surface area contributed by atoms with Crippen LogP contribution in [-0.2, 0) is 22.2 Å². The third kappa shape index (κ3) is 3.47. The van der Waals surface area contributed by atoms with Gasteiger partial charge in [-0.15, -0.1) is 6.58 Å². The van der Waals surface area contributed by atoms with E-state index >= 15 is 0 Å². The standard InChI is InChI=1S/C14H19N3O2S/c1-2-7-17-20(18,19)10-11-3-4-14-13(8-11)12(5-6-15)9-16-14/h2-4,8-9,16-17H,1,5-7,10,15H2. The van der Waals surface area contributed by atoms with Crippen LogP contribution in [0.1, 0.15) is 11.1 Å². The molecule has 0 spiro atoms. The van der Waals surface area contributed by atoms with Gasteiger partial charge >= 0.3 is 0 Å². The van der Waals surface area contributed by atoms with E-state index in [0.29, 0.717) is 6.54 Å². The number of sulfonamides is 1. The SMILES string of the molecule is C=CCNS(=O)(=O)Cc1ccc2[nH]cc(CCN)c2c1. The van der Waals surface area contributed by atoms with Crippen LogP contribution in [0.2, 0.25) is 0 Å². The molecule has 0 radical (unpaired) electrons. The Morgan fingerprint density at radius 2 is 2.20 bits per heavy atom. The van der Waals surface area contributed by atoms with E-state index in [-0.39, 0.29) is 12.3 Å². The van der Waals surface area contributed by atoms with Gasteiger partial charge in [-0.05, 0) is 36.2 Å². The van der Waals surface area contributed by atoms with Crippen molar-refractivity contribution in [3.8, 4) is 0 Å². The van der Waals surface area contributed by atoms with E-state index in [1.54, 1.807) is 0 Å². The molecule has 0 bridgehead atoms. The van der Waals surface area contributed by atoms with Crippen molar-refractivity contribution in [3.63, 3.8) is 0 Å². The number of hydrogen-bond donors (Lipinski definition) is 3. The topological polar surface area (TPSA) is 88.0 Å². The lowest BCUT2D eigenvalue weighted by Crippen LogP contribution is -2.25. The normalized spacial score (nSPS) is 11.8. The molecule has 0 saturated heterocycles. The van der Waals surface area contributed by atoms with Crippen LogP contribution in [0.3, 0.4) is 0 Å². The third-order valence-electron chi connectivity index (χ3n) is 3.05. The zero-order valence-corrected chi connectivity index (χ0v) is 12.0. The van der Waals surface area contributed by atoms with Crippen molar-refractivity contribution >= 4 is 20.9 Å². The van der Waals surface area contributed by atoms with E-state index in [0.717, 1.165) is 28.5 Å². The molecule has 0 aliphatic heterocycles. The second-order valence-electron chi connectivity index (χ2n) is 4.63. The van der Waals surface area contributed by atoms with Crippen LogP contribution in [0.5, 0.6) is 0 Å². The summed E-state index contributed by atoms with van der Waals surface area (Å²) in [6.07, 6.45) is 4.21. The Morgan fingerprint density at radius 3 is 2.90 bits per heavy atom. The molecule has 0 aliphatic rings. The number of rotatable bonds is 7. The number of nitrogens with one attached hydrogen (secondary N) is 2. The molecule has 0 atom stereocenters. The summed E-state index contributed by atoms with van der Waals surface area (Å²) >= 11 is 0. The summed E-state index contributed by atoms with van der Waals surface area (Å²) in [7, 11) is -3.33. The van der Waals surface area contributed by atoms with Gasteiger partial charge in [0.2, 0.25) is 10.0 Å². The molecule has 5 nitrogen and oxygen atoms in total. The molecule has 1 heterocycles. The lowest BCUT2D eigenvalue weighted by atomic mass is 10.1. The van der Waals surface area contributed by atoms with Crippen molar-refractivity contribution in [3.05, 3.63) is 48.2 Å². The Bertz CT molecular complexity index is 704. The Balaban J connectivity index is 2.26. The predicted molar refractivity (Wildman–Crippen MR) is 81.9 cm³/mol. The van der Waals surface area contributed by atoms with Crippen LogP contribution >= 0.6 is 0 Å². The first kappa shape index (κ1) is 14.8. The minimum Gasteiger partial charge on any atom is -0.361 e. The minimum absolute atomic E-state index is 0.0377. The molecule has 1 aromatic carbocycles. The highest BCUT2D eigenvalue weighted by molar-refractivity contribution is 7.88. The van der Waals surface area contributed by atoms with Crippen LogP contribution in [0.15, 0.2) is 37.1 Å². The van der Waals surface area contributed by atoms with Crippen molar-refractivity contribution in [1.29, 1.82) is 0 Å². The maximum atomic E-state index is 11.9. The molecule has 0 aliphatic carbocycles. The highest BCUT2D eigenvalue weighted by atomic mass is 32.2. The van der Waals surface area contributed by atoms with Gasteiger partial charge in [-0.3, -0.25) is 0 Å². The minimum atomic E-state index is -3.33. The van der Waals surface area contributed by atoms with Gasteiger partial charge in [-0.25, -0.2) is 13.1 Å². The van der Waals surface area contributed by atoms with Gasteiger partial charge in [0, 0.05) is 23.6 Å². The van der Waals surface area contributed by atoms with Crippen molar-refractivity contribution in [2.24, 2.45) is 5.73 Å². The van der Waals surface area contributed by atoms with Crippen LogP contribution in [0.25, 0.3) is 10.9 Å². The molecule has 2 aromatic rings. The zero-order valence-electron chi connectivity index (χ0n) is 11.2. The molecule has 108 valence electrons. The lowest BCUT2D eigenvalue weighted by Gasteiger charge is -2.05. The van der Waals surface area contributed by atoms with Gasteiger partial charge in [-0.1, -0.05) is 12.1 Å². The van der Waals surface area contributed by atoms with Crippen LogP contribution in [0.4, 0.5) is 0 Å². The monoisotopic (exact) mass is 293 g/mol. The summed E-state index contributed by atoms with van der Waals surface area (Å²) in [6, 6.07) is 5.62. The molecule has 0 amide bonds. The average molecular weight is 293 g/mol. The van der Waals surface area contributed by atoms with E-state index in [4.69, 9.17) is 5.73 Å². The van der Waals surface area contributed by atoms with E-state index in [2.05, 4.69) is 16.3 Å². The number of aromatic amines is 1. The molecule has 1 aromatic heterocycles. The molecular formula is C14H19N3O2S. The number of H-pyrrole nitrogens is 1. The number of aromatic nitrogens is 1. The molecule has 6 heteroatoms. The van der Waals surface area contributed by atoms with Gasteiger partial charge in [0.05, 0.1) is 5.75 Å². The summed E-state index contributed by atoms with van der Waals surface area (Å²) in [5, 5.41) is 1.03. The van der Waals surface area contributed by atoms with Crippen LogP contribution < -0.4 is 10.5 Å². The number of nitrogens with two attached hydrogens (primary N) is 1. The van der Waals surface area contributed by atoms with Gasteiger partial charge in [-0.2, -0.15) is 0 Å². The van der Waals surface area contributed by atoms with E-state index in [1.807, 2.05) is 24.4 Å². The molecule has 0 fully saturated rings. The summed E-state index contributed by atoms with van der Waals surface area (Å²) in [6.45, 7) is 4.30. The Morgan fingerprint density at radius 1 is 1.40 bits per heavy atom. The molecule has 20 heavy (non-hydrogen) atoms. The lowest BCUT2D eigenvalue weighted by molar-refractivity contribution is 0.585. The van der Waals surface area contributed by atoms with Gasteiger partial charge in [0.25, 0.3) is 0 Å². The van der Waals surface area contributed by atoms with Gasteiger partial charge in [0.15, 0.2) is 0 Å². The van der Waals surface area contributed by atoms with E-state index < -0.39 is 10.0 Å². The number of benzene rings is 1. The fourth-order valence-corrected chi connectivity index (χ4v) is 3.23. The fourth-order valence-electron chi connectivity index (χ4n) is 2.13. The Hall–Kier alpha value is -1.63. The summed E-state index contributed by atoms with van der Waals surface area (Å²) in [5.41, 5.74) is 8.44. The smallest absolute Gasteiger partial charge is 0.216 e. The third-order valence-corrected chi connectivity index (χ3v) is 4.37. The highest BCUT2D eigenvalue weighted by Gasteiger charge is 2.11. The van der Waals surface area contributed by atoms with Crippen molar-refractivity contribution in [1.82, 2.24) is 9.71 Å². The average Bonchev–Trinajstić information content (AvgIpc) is 2.79. The molecule has 4 N–H and O–H groups in total. The van der Waals surface area contributed by atoms with Crippen molar-refractivity contribution in [2.45, 2.75) is 12.2 Å². The highest BCUT2D eigenvalue weighted by Crippen LogP contribution is 2.21. The van der Waals surface area contributed by atoms with E-state index in [1.165, 1.54) is 6.08 Å². The quantitative estimate of drug-likeness (QED) is 0.672. The summed E-state index contributed by atoms with van der Waals surface area (Å²) < 4.78 is 26.2. The number of fused-ring (bicyclic) bond motifs is 1. The van der Waals surface area contributed by atoms with Gasteiger partial charge in [0.1, 0.15) is 0 Å².